The van der Waals surface area contributed by atoms with Gasteiger partial charge in [0.05, 0.1) is 0 Å². The molecule has 1 unspecified atom stereocenters. The lowest BCUT2D eigenvalue weighted by Gasteiger charge is -2.35. The third-order valence-corrected chi connectivity index (χ3v) is 4.53. The number of aromatic amines is 1. The summed E-state index contributed by atoms with van der Waals surface area (Å²) in [6, 6.07) is 9.08. The van der Waals surface area contributed by atoms with E-state index in [1.54, 1.807) is 25.1 Å². The highest BCUT2D eigenvalue weighted by Crippen LogP contribution is 2.30. The Kier molecular flexibility index (Phi) is 4.22. The number of amides is 1. The molecule has 1 amide bonds. The summed E-state index contributed by atoms with van der Waals surface area (Å²) >= 11 is 0. The molecule has 0 saturated heterocycles. The van der Waals surface area contributed by atoms with Crippen molar-refractivity contribution >= 4 is 5.91 Å². The van der Waals surface area contributed by atoms with Gasteiger partial charge in [-0.3, -0.25) is 9.69 Å². The normalized spacial score (nSPS) is 17.8. The Balaban J connectivity index is 1.74. The summed E-state index contributed by atoms with van der Waals surface area (Å²) in [6.07, 6.45) is 0.849. The molecule has 122 valence electrons. The van der Waals surface area contributed by atoms with Crippen LogP contribution < -0.4 is 0 Å². The summed E-state index contributed by atoms with van der Waals surface area (Å²) in [6.45, 7) is 3.77. The van der Waals surface area contributed by atoms with Crippen molar-refractivity contribution in [3.05, 3.63) is 58.7 Å². The molecule has 4 nitrogen and oxygen atoms in total. The maximum absolute atomic E-state index is 13.4. The van der Waals surface area contributed by atoms with Gasteiger partial charge in [-0.15, -0.1) is 0 Å². The lowest BCUT2D eigenvalue weighted by atomic mass is 9.93. The number of nitrogens with one attached hydrogen (secondary N) is 1. The van der Waals surface area contributed by atoms with Crippen molar-refractivity contribution in [3.63, 3.8) is 0 Å². The number of nitrogens with zero attached hydrogens (tertiary/aromatic N) is 2. The van der Waals surface area contributed by atoms with Crippen LogP contribution in [0.4, 0.5) is 4.39 Å². The zero-order valence-corrected chi connectivity index (χ0v) is 13.8. The molecule has 1 atom stereocenters. The number of carbonyl (C=O) groups excluding carboxylic acids is 1. The van der Waals surface area contributed by atoms with Crippen molar-refractivity contribution in [2.75, 3.05) is 20.6 Å². The Hall–Kier alpha value is -2.14. The number of halogens is 1. The summed E-state index contributed by atoms with van der Waals surface area (Å²) in [5.74, 6) is -0.190. The summed E-state index contributed by atoms with van der Waals surface area (Å²) in [4.78, 5) is 19.1. The highest BCUT2D eigenvalue weighted by Gasteiger charge is 2.24. The minimum Gasteiger partial charge on any atom is -0.353 e. The van der Waals surface area contributed by atoms with Crippen LogP contribution in [0.1, 0.15) is 40.3 Å². The van der Waals surface area contributed by atoms with Gasteiger partial charge in [-0.25, -0.2) is 4.39 Å². The standard InChI is InChI=1S/C18H22FN3O/c1-12-16-6-4-14(19)10-13(16)8-9-22(12)11-15-5-7-17(20-15)18(23)21(2)3/h4-7,10,12,20H,8-9,11H2,1-3H3. The molecule has 0 fully saturated rings. The number of rotatable bonds is 3. The lowest BCUT2D eigenvalue weighted by Crippen LogP contribution is -2.33. The van der Waals surface area contributed by atoms with E-state index in [1.165, 1.54) is 11.6 Å². The van der Waals surface area contributed by atoms with Crippen LogP contribution in [-0.2, 0) is 13.0 Å². The second-order valence-corrected chi connectivity index (χ2v) is 6.34. The van der Waals surface area contributed by atoms with Gasteiger partial charge in [-0.2, -0.15) is 0 Å². The van der Waals surface area contributed by atoms with Crippen molar-refractivity contribution < 1.29 is 9.18 Å². The number of H-pyrrole nitrogens is 1. The monoisotopic (exact) mass is 315 g/mol. The van der Waals surface area contributed by atoms with E-state index < -0.39 is 0 Å². The Labute approximate surface area is 135 Å². The average Bonchev–Trinajstić information content (AvgIpc) is 2.97. The second kappa shape index (κ2) is 6.16. The van der Waals surface area contributed by atoms with Gasteiger partial charge in [-0.1, -0.05) is 6.07 Å². The quantitative estimate of drug-likeness (QED) is 0.946. The smallest absolute Gasteiger partial charge is 0.269 e. The van der Waals surface area contributed by atoms with Crippen LogP contribution in [0.5, 0.6) is 0 Å². The van der Waals surface area contributed by atoms with Gasteiger partial charge in [0.1, 0.15) is 11.5 Å². The highest BCUT2D eigenvalue weighted by molar-refractivity contribution is 5.92. The second-order valence-electron chi connectivity index (χ2n) is 6.34. The number of aromatic nitrogens is 1. The van der Waals surface area contributed by atoms with Crippen LogP contribution in [0, 0.1) is 5.82 Å². The van der Waals surface area contributed by atoms with Gasteiger partial charge in [0.2, 0.25) is 0 Å². The van der Waals surface area contributed by atoms with Crippen LogP contribution in [0.15, 0.2) is 30.3 Å². The Morgan fingerprint density at radius 1 is 1.35 bits per heavy atom. The molecule has 1 N–H and O–H groups in total. The van der Waals surface area contributed by atoms with E-state index in [0.29, 0.717) is 5.69 Å². The fourth-order valence-corrected chi connectivity index (χ4v) is 3.19. The molecule has 1 aromatic carbocycles. The highest BCUT2D eigenvalue weighted by atomic mass is 19.1. The average molecular weight is 315 g/mol. The SMILES string of the molecule is CC1c2ccc(F)cc2CCN1Cc1ccc(C(=O)N(C)C)[nH]1. The van der Waals surface area contributed by atoms with Crippen LogP contribution in [0.2, 0.25) is 0 Å². The van der Waals surface area contributed by atoms with Gasteiger partial charge in [-0.05, 0) is 48.7 Å². The zero-order chi connectivity index (χ0) is 16.6. The predicted molar refractivity (Wildman–Crippen MR) is 87.7 cm³/mol. The molecule has 1 aromatic heterocycles. The van der Waals surface area contributed by atoms with Crippen LogP contribution >= 0.6 is 0 Å². The van der Waals surface area contributed by atoms with Crippen molar-refractivity contribution in [1.29, 1.82) is 0 Å². The molecule has 3 rings (SSSR count). The first-order valence-electron chi connectivity index (χ1n) is 7.87. The lowest BCUT2D eigenvalue weighted by molar-refractivity contribution is 0.0822. The van der Waals surface area contributed by atoms with E-state index in [1.807, 2.05) is 18.2 Å². The molecular formula is C18H22FN3O. The summed E-state index contributed by atoms with van der Waals surface area (Å²) in [7, 11) is 3.48. The topological polar surface area (TPSA) is 39.3 Å². The maximum Gasteiger partial charge on any atom is 0.269 e. The van der Waals surface area contributed by atoms with Crippen molar-refractivity contribution in [2.24, 2.45) is 0 Å². The summed E-state index contributed by atoms with van der Waals surface area (Å²) in [5, 5.41) is 0. The van der Waals surface area contributed by atoms with Crippen LogP contribution in [-0.4, -0.2) is 41.3 Å². The molecule has 23 heavy (non-hydrogen) atoms. The Bertz CT molecular complexity index is 723. The summed E-state index contributed by atoms with van der Waals surface area (Å²) in [5.41, 5.74) is 3.92. The first-order valence-corrected chi connectivity index (χ1v) is 7.87. The summed E-state index contributed by atoms with van der Waals surface area (Å²) < 4.78 is 13.4. The largest absolute Gasteiger partial charge is 0.353 e. The van der Waals surface area contributed by atoms with E-state index in [2.05, 4.69) is 16.8 Å². The van der Waals surface area contributed by atoms with E-state index in [0.717, 1.165) is 30.8 Å². The molecular weight excluding hydrogens is 293 g/mol. The van der Waals surface area contributed by atoms with Gasteiger partial charge >= 0.3 is 0 Å². The first kappa shape index (κ1) is 15.7. The molecule has 0 spiro atoms. The van der Waals surface area contributed by atoms with Gasteiger partial charge in [0, 0.05) is 38.9 Å². The van der Waals surface area contributed by atoms with Crippen LogP contribution in [0.3, 0.4) is 0 Å². The van der Waals surface area contributed by atoms with Crippen molar-refractivity contribution in [2.45, 2.75) is 25.9 Å². The number of carbonyl (C=O) groups is 1. The maximum atomic E-state index is 13.4. The molecule has 5 heteroatoms. The first-order chi connectivity index (χ1) is 11.0. The van der Waals surface area contributed by atoms with Gasteiger partial charge < -0.3 is 9.88 Å². The fourth-order valence-electron chi connectivity index (χ4n) is 3.19. The molecule has 2 aromatic rings. The Morgan fingerprint density at radius 2 is 2.13 bits per heavy atom. The predicted octanol–water partition coefficient (Wildman–Crippen LogP) is 2.97. The van der Waals surface area contributed by atoms with E-state index in [9.17, 15) is 9.18 Å². The third-order valence-electron chi connectivity index (χ3n) is 4.53. The molecule has 0 aliphatic carbocycles. The van der Waals surface area contributed by atoms with Crippen molar-refractivity contribution in [3.8, 4) is 0 Å². The van der Waals surface area contributed by atoms with Gasteiger partial charge in [0.25, 0.3) is 5.91 Å². The van der Waals surface area contributed by atoms with Crippen LogP contribution in [0.25, 0.3) is 0 Å². The Morgan fingerprint density at radius 3 is 2.87 bits per heavy atom. The molecule has 2 heterocycles. The number of hydrogen-bond donors (Lipinski definition) is 1. The molecule has 0 bridgehead atoms. The van der Waals surface area contributed by atoms with E-state index in [4.69, 9.17) is 0 Å². The zero-order valence-electron chi connectivity index (χ0n) is 13.8. The van der Waals surface area contributed by atoms with Crippen molar-refractivity contribution in [1.82, 2.24) is 14.8 Å². The number of benzene rings is 1. The van der Waals surface area contributed by atoms with E-state index in [-0.39, 0.29) is 17.8 Å². The number of hydrogen-bond acceptors (Lipinski definition) is 2. The van der Waals surface area contributed by atoms with Gasteiger partial charge in [0.15, 0.2) is 0 Å². The molecule has 0 radical (unpaired) electrons. The minimum atomic E-state index is -0.166. The molecule has 0 saturated carbocycles. The number of fused-ring (bicyclic) bond motifs is 1. The minimum absolute atomic E-state index is 0.0243. The third kappa shape index (κ3) is 3.15. The molecule has 1 aliphatic rings. The molecule has 1 aliphatic heterocycles. The van der Waals surface area contributed by atoms with E-state index >= 15 is 0 Å². The fraction of sp³-hybridized carbons (Fsp3) is 0.389.